The second-order valence-electron chi connectivity index (χ2n) is 3.58. The zero-order chi connectivity index (χ0) is 10.9. The average molecular weight is 204 g/mol. The van der Waals surface area contributed by atoms with E-state index in [9.17, 15) is 9.90 Å². The Morgan fingerprint density at radius 1 is 1.33 bits per heavy atom. The molecule has 1 aromatic carbocycles. The van der Waals surface area contributed by atoms with Crippen molar-refractivity contribution in [3.63, 3.8) is 0 Å². The van der Waals surface area contributed by atoms with E-state index in [1.807, 2.05) is 12.1 Å². The highest BCUT2D eigenvalue weighted by Gasteiger charge is 2.39. The fraction of sp³-hybridized carbons (Fsp3) is 0.250. The normalized spacial score (nSPS) is 24.0. The molecule has 0 fully saturated rings. The van der Waals surface area contributed by atoms with Crippen LogP contribution in [0, 0.1) is 0 Å². The first-order valence-corrected chi connectivity index (χ1v) is 4.72. The monoisotopic (exact) mass is 204 g/mol. The van der Waals surface area contributed by atoms with E-state index in [0.717, 1.165) is 5.56 Å². The van der Waals surface area contributed by atoms with Crippen LogP contribution >= 0.6 is 0 Å². The highest BCUT2D eigenvalue weighted by Crippen LogP contribution is 2.31. The van der Waals surface area contributed by atoms with Crippen molar-refractivity contribution in [2.45, 2.75) is 5.60 Å². The zero-order valence-electron chi connectivity index (χ0n) is 8.43. The number of methoxy groups -OCH3 is 1. The largest absolute Gasteiger partial charge is 0.381 e. The number of carbonyl (C=O) groups is 1. The molecule has 0 spiro atoms. The molecule has 0 aliphatic heterocycles. The van der Waals surface area contributed by atoms with E-state index in [1.165, 1.54) is 13.2 Å². The molecular formula is C12H12O3. The summed E-state index contributed by atoms with van der Waals surface area (Å²) in [5.74, 6) is -0.331. The number of benzene rings is 1. The number of rotatable bonds is 2. The van der Waals surface area contributed by atoms with E-state index in [-0.39, 0.29) is 12.4 Å². The predicted molar refractivity (Wildman–Crippen MR) is 56.3 cm³/mol. The van der Waals surface area contributed by atoms with Crippen LogP contribution in [0.25, 0.3) is 6.08 Å². The lowest BCUT2D eigenvalue weighted by molar-refractivity contribution is -0.139. The van der Waals surface area contributed by atoms with Crippen LogP contribution in [-0.2, 0) is 15.1 Å². The summed E-state index contributed by atoms with van der Waals surface area (Å²) >= 11 is 0. The highest BCUT2D eigenvalue weighted by molar-refractivity contribution is 6.03. The third-order valence-corrected chi connectivity index (χ3v) is 2.58. The molecule has 1 aliphatic carbocycles. The number of fused-ring (bicyclic) bond motifs is 1. The van der Waals surface area contributed by atoms with Gasteiger partial charge in [-0.2, -0.15) is 0 Å². The van der Waals surface area contributed by atoms with E-state index in [1.54, 1.807) is 18.2 Å². The van der Waals surface area contributed by atoms with E-state index >= 15 is 0 Å². The summed E-state index contributed by atoms with van der Waals surface area (Å²) < 4.78 is 4.91. The van der Waals surface area contributed by atoms with Gasteiger partial charge in [-0.25, -0.2) is 0 Å². The van der Waals surface area contributed by atoms with Gasteiger partial charge >= 0.3 is 0 Å². The van der Waals surface area contributed by atoms with Gasteiger partial charge in [0.1, 0.15) is 0 Å². The zero-order valence-corrected chi connectivity index (χ0v) is 8.43. The maximum Gasteiger partial charge on any atom is 0.194 e. The van der Waals surface area contributed by atoms with Crippen molar-refractivity contribution in [3.05, 3.63) is 41.5 Å². The van der Waals surface area contributed by atoms with Gasteiger partial charge in [-0.05, 0) is 11.6 Å². The van der Waals surface area contributed by atoms with Crippen LogP contribution in [0.2, 0.25) is 0 Å². The number of ether oxygens (including phenoxy) is 1. The Bertz CT molecular complexity index is 423. The molecule has 15 heavy (non-hydrogen) atoms. The summed E-state index contributed by atoms with van der Waals surface area (Å²) in [5.41, 5.74) is -0.0592. The summed E-state index contributed by atoms with van der Waals surface area (Å²) in [5, 5.41) is 10.3. The number of aliphatic hydroxyl groups is 1. The Labute approximate surface area is 88.0 Å². The molecule has 78 valence electrons. The summed E-state index contributed by atoms with van der Waals surface area (Å²) in [6, 6.07) is 7.27. The minimum absolute atomic E-state index is 0.0206. The molecular weight excluding hydrogens is 192 g/mol. The second kappa shape index (κ2) is 3.61. The number of ketones is 1. The first-order valence-electron chi connectivity index (χ1n) is 4.72. The lowest BCUT2D eigenvalue weighted by Gasteiger charge is -2.29. The SMILES string of the molecule is COCC1(O)C(=O)C=Cc2ccccc21. The van der Waals surface area contributed by atoms with E-state index < -0.39 is 5.60 Å². The third-order valence-electron chi connectivity index (χ3n) is 2.58. The lowest BCUT2D eigenvalue weighted by atomic mass is 9.82. The molecule has 3 heteroatoms. The van der Waals surface area contributed by atoms with Crippen molar-refractivity contribution in [1.29, 1.82) is 0 Å². The highest BCUT2D eigenvalue weighted by atomic mass is 16.5. The molecule has 1 atom stereocenters. The maximum absolute atomic E-state index is 11.7. The Hall–Kier alpha value is -1.45. The summed E-state index contributed by atoms with van der Waals surface area (Å²) in [7, 11) is 1.46. The molecule has 1 N–H and O–H groups in total. The summed E-state index contributed by atoms with van der Waals surface area (Å²) in [6.07, 6.45) is 3.10. The van der Waals surface area contributed by atoms with Gasteiger partial charge in [-0.15, -0.1) is 0 Å². The fourth-order valence-electron chi connectivity index (χ4n) is 1.81. The van der Waals surface area contributed by atoms with Crippen molar-refractivity contribution in [1.82, 2.24) is 0 Å². The molecule has 2 rings (SSSR count). The number of hydrogen-bond donors (Lipinski definition) is 1. The first kappa shape index (κ1) is 10.1. The molecule has 0 bridgehead atoms. The Balaban J connectivity index is 2.56. The predicted octanol–water partition coefficient (Wildman–Crippen LogP) is 1.12. The van der Waals surface area contributed by atoms with Crippen molar-refractivity contribution in [3.8, 4) is 0 Å². The molecule has 1 aromatic rings. The van der Waals surface area contributed by atoms with Gasteiger partial charge in [-0.1, -0.05) is 30.3 Å². The van der Waals surface area contributed by atoms with Crippen LogP contribution < -0.4 is 0 Å². The van der Waals surface area contributed by atoms with Crippen molar-refractivity contribution < 1.29 is 14.6 Å². The topological polar surface area (TPSA) is 46.5 Å². The van der Waals surface area contributed by atoms with Crippen LogP contribution in [0.15, 0.2) is 30.3 Å². The smallest absolute Gasteiger partial charge is 0.194 e. The maximum atomic E-state index is 11.7. The first-order chi connectivity index (χ1) is 7.18. The molecule has 3 nitrogen and oxygen atoms in total. The third kappa shape index (κ3) is 1.50. The Kier molecular flexibility index (Phi) is 2.42. The van der Waals surface area contributed by atoms with Crippen molar-refractivity contribution in [2.75, 3.05) is 13.7 Å². The van der Waals surface area contributed by atoms with Crippen LogP contribution in [-0.4, -0.2) is 24.6 Å². The van der Waals surface area contributed by atoms with Crippen LogP contribution in [0.4, 0.5) is 0 Å². The van der Waals surface area contributed by atoms with Gasteiger partial charge in [0.2, 0.25) is 0 Å². The molecule has 0 amide bonds. The van der Waals surface area contributed by atoms with E-state index in [0.29, 0.717) is 5.56 Å². The summed E-state index contributed by atoms with van der Waals surface area (Å²) in [4.78, 5) is 11.7. The number of hydrogen-bond acceptors (Lipinski definition) is 3. The van der Waals surface area contributed by atoms with Crippen molar-refractivity contribution in [2.24, 2.45) is 0 Å². The standard InChI is InChI=1S/C12H12O3/c1-15-8-12(14)10-5-3-2-4-9(10)6-7-11(12)13/h2-7,14H,8H2,1H3. The lowest BCUT2D eigenvalue weighted by Crippen LogP contribution is -2.41. The van der Waals surface area contributed by atoms with Gasteiger partial charge in [-0.3, -0.25) is 4.79 Å². The van der Waals surface area contributed by atoms with Crippen LogP contribution in [0.3, 0.4) is 0 Å². The fourth-order valence-corrected chi connectivity index (χ4v) is 1.81. The minimum Gasteiger partial charge on any atom is -0.381 e. The van der Waals surface area contributed by atoms with Gasteiger partial charge in [0.05, 0.1) is 6.61 Å². The molecule has 1 unspecified atom stereocenters. The van der Waals surface area contributed by atoms with Gasteiger partial charge in [0.15, 0.2) is 11.4 Å². The second-order valence-corrected chi connectivity index (χ2v) is 3.58. The van der Waals surface area contributed by atoms with Gasteiger partial charge < -0.3 is 9.84 Å². The quantitative estimate of drug-likeness (QED) is 0.785. The minimum atomic E-state index is -1.53. The molecule has 0 heterocycles. The number of carbonyl (C=O) groups excluding carboxylic acids is 1. The molecule has 0 saturated carbocycles. The molecule has 0 saturated heterocycles. The molecule has 0 aromatic heterocycles. The average Bonchev–Trinajstić information content (AvgIpc) is 2.25. The van der Waals surface area contributed by atoms with Crippen LogP contribution in [0.1, 0.15) is 11.1 Å². The Morgan fingerprint density at radius 3 is 2.80 bits per heavy atom. The van der Waals surface area contributed by atoms with Crippen LogP contribution in [0.5, 0.6) is 0 Å². The molecule has 0 radical (unpaired) electrons. The van der Waals surface area contributed by atoms with Crippen molar-refractivity contribution >= 4 is 11.9 Å². The van der Waals surface area contributed by atoms with Gasteiger partial charge in [0.25, 0.3) is 0 Å². The summed E-state index contributed by atoms with van der Waals surface area (Å²) in [6.45, 7) is -0.0206. The molecule has 1 aliphatic rings. The van der Waals surface area contributed by atoms with E-state index in [2.05, 4.69) is 0 Å². The van der Waals surface area contributed by atoms with Gasteiger partial charge in [0, 0.05) is 12.7 Å². The Morgan fingerprint density at radius 2 is 2.07 bits per heavy atom. The van der Waals surface area contributed by atoms with E-state index in [4.69, 9.17) is 4.74 Å².